The lowest BCUT2D eigenvalue weighted by Crippen LogP contribution is -2.38. The minimum atomic E-state index is -3.35. The first-order chi connectivity index (χ1) is 14.7. The van der Waals surface area contributed by atoms with Crippen molar-refractivity contribution in [3.8, 4) is 11.1 Å². The Morgan fingerprint density at radius 1 is 1.00 bits per heavy atom. The van der Waals surface area contributed by atoms with Crippen LogP contribution in [0.3, 0.4) is 0 Å². The van der Waals surface area contributed by atoms with Gasteiger partial charge in [-0.15, -0.1) is 0 Å². The second-order valence-corrected chi connectivity index (χ2v) is 9.37. The summed E-state index contributed by atoms with van der Waals surface area (Å²) in [7, 11) is -3.35. The number of rotatable bonds is 5. The topological polar surface area (TPSA) is 78.5 Å². The molecular formula is C21H24F3N3O3S. The van der Waals surface area contributed by atoms with Crippen molar-refractivity contribution in [1.29, 1.82) is 0 Å². The van der Waals surface area contributed by atoms with Gasteiger partial charge >= 0.3 is 6.03 Å². The Bertz CT molecular complexity index is 1040. The zero-order valence-electron chi connectivity index (χ0n) is 17.0. The van der Waals surface area contributed by atoms with Crippen LogP contribution in [0.1, 0.15) is 26.2 Å². The second kappa shape index (κ2) is 9.69. The van der Waals surface area contributed by atoms with Gasteiger partial charge in [-0.2, -0.15) is 0 Å². The lowest BCUT2D eigenvalue weighted by atomic mass is 10.0. The molecule has 1 aliphatic heterocycles. The molecule has 0 bridgehead atoms. The summed E-state index contributed by atoms with van der Waals surface area (Å²) >= 11 is 0. The zero-order chi connectivity index (χ0) is 22.6. The fourth-order valence-corrected chi connectivity index (χ4v) is 4.48. The van der Waals surface area contributed by atoms with Crippen molar-refractivity contribution >= 4 is 21.7 Å². The van der Waals surface area contributed by atoms with Gasteiger partial charge in [-0.3, -0.25) is 0 Å². The molecule has 0 radical (unpaired) electrons. The van der Waals surface area contributed by atoms with Crippen LogP contribution in [0.4, 0.5) is 23.7 Å². The molecule has 0 saturated carbocycles. The number of likely N-dealkylation sites (tertiary alicyclic amines) is 1. The SMILES string of the molecule is CCS(=O)(=O)N[C@H]1CCCN(C(=O)Nc2cccc(F)c2-c2c(F)cccc2F)CC1. The number of carbonyl (C=O) groups excluding carboxylic acids is 1. The van der Waals surface area contributed by atoms with Gasteiger partial charge in [-0.1, -0.05) is 12.1 Å². The maximum absolute atomic E-state index is 14.5. The normalized spacial score (nSPS) is 17.3. The van der Waals surface area contributed by atoms with Crippen LogP contribution in [-0.4, -0.2) is 44.2 Å². The predicted molar refractivity (Wildman–Crippen MR) is 113 cm³/mol. The average Bonchev–Trinajstić information content (AvgIpc) is 2.95. The standard InChI is InChI=1S/C21H24F3N3O3S/c1-2-31(29,30)26-14-6-5-12-27(13-11-14)21(28)25-18-10-4-9-17(24)20(18)19-15(22)7-3-8-16(19)23/h3-4,7-10,14,26H,2,5-6,11-13H2,1H3,(H,25,28)/t14-/m0/s1. The summed E-state index contributed by atoms with van der Waals surface area (Å²) in [5.41, 5.74) is -0.975. The molecule has 1 aliphatic rings. The highest BCUT2D eigenvalue weighted by molar-refractivity contribution is 7.89. The van der Waals surface area contributed by atoms with Crippen LogP contribution in [0.5, 0.6) is 0 Å². The van der Waals surface area contributed by atoms with E-state index in [9.17, 15) is 26.4 Å². The van der Waals surface area contributed by atoms with Crippen molar-refractivity contribution in [3.63, 3.8) is 0 Å². The minimum absolute atomic E-state index is 0.0251. The number of sulfonamides is 1. The van der Waals surface area contributed by atoms with Gasteiger partial charge in [-0.05, 0) is 50.5 Å². The van der Waals surface area contributed by atoms with Gasteiger partial charge in [0.25, 0.3) is 0 Å². The van der Waals surface area contributed by atoms with E-state index in [0.717, 1.165) is 18.2 Å². The van der Waals surface area contributed by atoms with Crippen LogP contribution in [0.25, 0.3) is 11.1 Å². The average molecular weight is 456 g/mol. The number of hydrogen-bond donors (Lipinski definition) is 2. The summed E-state index contributed by atoms with van der Waals surface area (Å²) in [5.74, 6) is -2.78. The summed E-state index contributed by atoms with van der Waals surface area (Å²) < 4.78 is 69.3. The van der Waals surface area contributed by atoms with Crippen LogP contribution >= 0.6 is 0 Å². The third-order valence-electron chi connectivity index (χ3n) is 5.21. The maximum atomic E-state index is 14.5. The minimum Gasteiger partial charge on any atom is -0.324 e. The van der Waals surface area contributed by atoms with Gasteiger partial charge in [0, 0.05) is 24.7 Å². The first kappa shape index (κ1) is 23.1. The molecule has 1 heterocycles. The largest absolute Gasteiger partial charge is 0.324 e. The Morgan fingerprint density at radius 3 is 2.26 bits per heavy atom. The number of benzene rings is 2. The molecule has 1 atom stereocenters. The molecule has 1 saturated heterocycles. The van der Waals surface area contributed by atoms with Crippen LogP contribution in [0.2, 0.25) is 0 Å². The third-order valence-corrected chi connectivity index (χ3v) is 6.66. The molecule has 6 nitrogen and oxygen atoms in total. The molecule has 2 aromatic rings. The Morgan fingerprint density at radius 2 is 1.61 bits per heavy atom. The number of anilines is 1. The molecule has 2 N–H and O–H groups in total. The fraction of sp³-hybridized carbons (Fsp3) is 0.381. The van der Waals surface area contributed by atoms with Crippen molar-refractivity contribution in [2.24, 2.45) is 0 Å². The first-order valence-corrected chi connectivity index (χ1v) is 11.7. The van der Waals surface area contributed by atoms with E-state index in [1.54, 1.807) is 6.92 Å². The number of nitrogens with one attached hydrogen (secondary N) is 2. The number of urea groups is 1. The Labute approximate surface area is 179 Å². The van der Waals surface area contributed by atoms with E-state index in [0.29, 0.717) is 25.8 Å². The highest BCUT2D eigenvalue weighted by Gasteiger charge is 2.25. The predicted octanol–water partition coefficient (Wildman–Crippen LogP) is 4.10. The van der Waals surface area contributed by atoms with Crippen LogP contribution in [0, 0.1) is 17.5 Å². The lowest BCUT2D eigenvalue weighted by Gasteiger charge is -2.22. The fourth-order valence-electron chi connectivity index (χ4n) is 3.57. The van der Waals surface area contributed by atoms with Gasteiger partial charge in [0.2, 0.25) is 10.0 Å². The molecule has 2 amide bonds. The van der Waals surface area contributed by atoms with E-state index in [4.69, 9.17) is 0 Å². The number of halogens is 3. The molecule has 0 unspecified atom stereocenters. The molecule has 1 fully saturated rings. The Kier molecular flexibility index (Phi) is 7.22. The van der Waals surface area contributed by atoms with E-state index >= 15 is 0 Å². The summed E-state index contributed by atoms with van der Waals surface area (Å²) in [6, 6.07) is 6.15. The molecule has 0 aliphatic carbocycles. The van der Waals surface area contributed by atoms with Crippen molar-refractivity contribution in [2.45, 2.75) is 32.2 Å². The van der Waals surface area contributed by atoms with Crippen molar-refractivity contribution in [1.82, 2.24) is 9.62 Å². The monoisotopic (exact) mass is 455 g/mol. The summed E-state index contributed by atoms with van der Waals surface area (Å²) in [6.07, 6.45) is 1.57. The van der Waals surface area contributed by atoms with Crippen LogP contribution < -0.4 is 10.0 Å². The Hall–Kier alpha value is -2.59. The van der Waals surface area contributed by atoms with Gasteiger partial charge in [0.15, 0.2) is 0 Å². The van der Waals surface area contributed by atoms with E-state index < -0.39 is 39.1 Å². The maximum Gasteiger partial charge on any atom is 0.321 e. The van der Waals surface area contributed by atoms with E-state index in [1.165, 1.54) is 23.1 Å². The molecule has 2 aromatic carbocycles. The molecule has 31 heavy (non-hydrogen) atoms. The molecule has 0 aromatic heterocycles. The van der Waals surface area contributed by atoms with Gasteiger partial charge in [0.1, 0.15) is 17.5 Å². The molecule has 3 rings (SSSR count). The molecule has 168 valence electrons. The highest BCUT2D eigenvalue weighted by Crippen LogP contribution is 2.34. The van der Waals surface area contributed by atoms with Gasteiger partial charge < -0.3 is 10.2 Å². The summed E-state index contributed by atoms with van der Waals surface area (Å²) in [6.45, 7) is 2.20. The van der Waals surface area contributed by atoms with E-state index in [2.05, 4.69) is 10.0 Å². The van der Waals surface area contributed by atoms with Crippen molar-refractivity contribution < 1.29 is 26.4 Å². The van der Waals surface area contributed by atoms with E-state index in [1.807, 2.05) is 0 Å². The first-order valence-electron chi connectivity index (χ1n) is 10.0. The highest BCUT2D eigenvalue weighted by atomic mass is 32.2. The van der Waals surface area contributed by atoms with Crippen LogP contribution in [0.15, 0.2) is 36.4 Å². The zero-order valence-corrected chi connectivity index (χ0v) is 17.8. The van der Waals surface area contributed by atoms with Crippen molar-refractivity contribution in [2.75, 3.05) is 24.2 Å². The van der Waals surface area contributed by atoms with E-state index in [-0.39, 0.29) is 29.6 Å². The number of nitrogens with zero attached hydrogens (tertiary/aromatic N) is 1. The third kappa shape index (κ3) is 5.56. The van der Waals surface area contributed by atoms with Gasteiger partial charge in [0.05, 0.1) is 17.0 Å². The Balaban J connectivity index is 1.78. The smallest absolute Gasteiger partial charge is 0.321 e. The quantitative estimate of drug-likeness (QED) is 0.713. The summed E-state index contributed by atoms with van der Waals surface area (Å²) in [4.78, 5) is 14.3. The molecule has 0 spiro atoms. The summed E-state index contributed by atoms with van der Waals surface area (Å²) in [5, 5.41) is 2.55. The second-order valence-electron chi connectivity index (χ2n) is 7.33. The number of carbonyl (C=O) groups is 1. The molecule has 10 heteroatoms. The van der Waals surface area contributed by atoms with Crippen LogP contribution in [-0.2, 0) is 10.0 Å². The lowest BCUT2D eigenvalue weighted by molar-refractivity contribution is 0.213. The number of hydrogen-bond acceptors (Lipinski definition) is 3. The molecular weight excluding hydrogens is 431 g/mol. The number of amides is 2. The van der Waals surface area contributed by atoms with Crippen molar-refractivity contribution in [3.05, 3.63) is 53.8 Å². The van der Waals surface area contributed by atoms with Gasteiger partial charge in [-0.25, -0.2) is 31.1 Å².